The maximum Gasteiger partial charge on any atom is 0.233 e. The van der Waals surface area contributed by atoms with Crippen LogP contribution >= 0.6 is 24.0 Å². The number of benzene rings is 1. The van der Waals surface area contributed by atoms with E-state index >= 15 is 0 Å². The van der Waals surface area contributed by atoms with Crippen molar-refractivity contribution in [3.63, 3.8) is 0 Å². The van der Waals surface area contributed by atoms with Crippen LogP contribution in [0.3, 0.4) is 0 Å². The van der Waals surface area contributed by atoms with Crippen LogP contribution in [0, 0.1) is 30.6 Å². The van der Waals surface area contributed by atoms with Crippen molar-refractivity contribution in [1.82, 2.24) is 15.5 Å². The van der Waals surface area contributed by atoms with Gasteiger partial charge in [0.15, 0.2) is 5.96 Å². The molecule has 1 saturated carbocycles. The summed E-state index contributed by atoms with van der Waals surface area (Å²) in [5.41, 5.74) is 1.95. The van der Waals surface area contributed by atoms with E-state index in [2.05, 4.69) is 27.8 Å². The highest BCUT2D eigenvalue weighted by atomic mass is 127. The van der Waals surface area contributed by atoms with Gasteiger partial charge in [-0.25, -0.2) is 0 Å². The number of halogens is 1. The molecule has 32 heavy (non-hydrogen) atoms. The first-order valence-corrected chi connectivity index (χ1v) is 11.3. The number of fused-ring (bicyclic) bond motifs is 5. The first-order valence-electron chi connectivity index (χ1n) is 11.3. The minimum Gasteiger partial charge on any atom is -0.386 e. The van der Waals surface area contributed by atoms with Crippen LogP contribution in [0.25, 0.3) is 0 Å². The Kier molecular flexibility index (Phi) is 8.32. The molecule has 0 spiro atoms. The summed E-state index contributed by atoms with van der Waals surface area (Å²) >= 11 is 0. The van der Waals surface area contributed by atoms with Crippen molar-refractivity contribution < 1.29 is 14.7 Å². The number of aliphatic hydroxyl groups is 1. The number of nitrogens with one attached hydrogen (secondary N) is 2. The molecule has 3 N–H and O–H groups in total. The van der Waals surface area contributed by atoms with Gasteiger partial charge in [-0.15, -0.1) is 24.0 Å². The quantitative estimate of drug-likeness (QED) is 0.115. The fraction of sp³-hybridized carbons (Fsp3) is 0.542. The summed E-state index contributed by atoms with van der Waals surface area (Å²) in [7, 11) is 0. The molecular weight excluding hydrogens is 519 g/mol. The Bertz CT molecular complexity index is 873. The number of imide groups is 1. The molecule has 0 radical (unpaired) electrons. The first-order chi connectivity index (χ1) is 15.0. The second-order valence-electron chi connectivity index (χ2n) is 8.76. The molecule has 1 heterocycles. The van der Waals surface area contributed by atoms with Gasteiger partial charge in [0.1, 0.15) is 0 Å². The van der Waals surface area contributed by atoms with E-state index in [-0.39, 0.29) is 66.0 Å². The van der Waals surface area contributed by atoms with Crippen molar-refractivity contribution >= 4 is 41.8 Å². The van der Waals surface area contributed by atoms with Crippen LogP contribution < -0.4 is 10.6 Å². The number of carbonyl (C=O) groups excluding carboxylic acids is 2. The maximum atomic E-state index is 12.7. The number of likely N-dealkylation sites (tertiary alicyclic amines) is 1. The molecule has 4 rings (SSSR count). The van der Waals surface area contributed by atoms with Crippen LogP contribution in [0.1, 0.15) is 37.0 Å². The topological polar surface area (TPSA) is 94.0 Å². The number of carbonyl (C=O) groups is 2. The summed E-state index contributed by atoms with van der Waals surface area (Å²) < 4.78 is 0. The zero-order valence-electron chi connectivity index (χ0n) is 18.7. The third-order valence-electron chi connectivity index (χ3n) is 6.61. The van der Waals surface area contributed by atoms with Crippen LogP contribution in [0.4, 0.5) is 0 Å². The maximum absolute atomic E-state index is 12.7. The largest absolute Gasteiger partial charge is 0.386 e. The molecule has 1 saturated heterocycles. The summed E-state index contributed by atoms with van der Waals surface area (Å²) in [5.74, 6) is 0.883. The van der Waals surface area contributed by atoms with Crippen LogP contribution in [0.15, 0.2) is 41.4 Å². The third-order valence-corrected chi connectivity index (χ3v) is 6.61. The number of hydrogen-bond acceptors (Lipinski definition) is 4. The van der Waals surface area contributed by atoms with Crippen LogP contribution in [-0.2, 0) is 9.59 Å². The summed E-state index contributed by atoms with van der Waals surface area (Å²) in [5, 5.41) is 16.8. The van der Waals surface area contributed by atoms with E-state index < -0.39 is 6.10 Å². The summed E-state index contributed by atoms with van der Waals surface area (Å²) in [6, 6.07) is 7.78. The van der Waals surface area contributed by atoms with E-state index in [0.717, 1.165) is 17.5 Å². The van der Waals surface area contributed by atoms with Gasteiger partial charge in [-0.2, -0.15) is 0 Å². The van der Waals surface area contributed by atoms with Crippen molar-refractivity contribution in [2.24, 2.45) is 28.7 Å². The van der Waals surface area contributed by atoms with E-state index in [1.165, 1.54) is 4.90 Å². The minimum atomic E-state index is -0.668. The lowest BCUT2D eigenvalue weighted by molar-refractivity contribution is -0.140. The highest BCUT2D eigenvalue weighted by Gasteiger charge is 2.58. The highest BCUT2D eigenvalue weighted by molar-refractivity contribution is 14.0. The number of guanidine groups is 1. The number of aliphatic imine (C=N–C) groups is 1. The van der Waals surface area contributed by atoms with Crippen molar-refractivity contribution in [3.8, 4) is 0 Å². The van der Waals surface area contributed by atoms with Crippen LogP contribution in [0.5, 0.6) is 0 Å². The van der Waals surface area contributed by atoms with Gasteiger partial charge in [0.05, 0.1) is 24.5 Å². The van der Waals surface area contributed by atoms with Crippen LogP contribution in [-0.4, -0.2) is 54.0 Å². The fourth-order valence-corrected chi connectivity index (χ4v) is 5.13. The smallest absolute Gasteiger partial charge is 0.233 e. The van der Waals surface area contributed by atoms with Gasteiger partial charge >= 0.3 is 0 Å². The second-order valence-corrected chi connectivity index (χ2v) is 8.76. The Morgan fingerprint density at radius 2 is 1.88 bits per heavy atom. The molecule has 0 aromatic heterocycles. The Balaban J connectivity index is 0.00000289. The summed E-state index contributed by atoms with van der Waals surface area (Å²) in [6.07, 6.45) is 5.18. The highest BCUT2D eigenvalue weighted by Crippen LogP contribution is 2.52. The standard InChI is InChI=1S/C24H32N4O3.HI/c1-3-25-24(27-14-19(29)16-7-4-6-15(2)12-16)26-10-5-11-28-22(30)20-17-8-9-18(13-17)21(20)23(28)31;/h4,6-9,12,17-21,29H,3,5,10-11,13-14H2,1-2H3,(H2,25,26,27);1H. The van der Waals surface area contributed by atoms with Crippen molar-refractivity contribution in [2.75, 3.05) is 26.2 Å². The summed E-state index contributed by atoms with van der Waals surface area (Å²) in [6.45, 7) is 5.95. The number of amides is 2. The van der Waals surface area contributed by atoms with Gasteiger partial charge in [-0.1, -0.05) is 42.0 Å². The average Bonchev–Trinajstić information content (AvgIpc) is 3.44. The molecule has 2 fully saturated rings. The van der Waals surface area contributed by atoms with Gasteiger partial charge in [0.25, 0.3) is 0 Å². The number of allylic oxidation sites excluding steroid dienone is 2. The van der Waals surface area contributed by atoms with E-state index in [1.54, 1.807) is 0 Å². The number of aryl methyl sites for hydroxylation is 1. The predicted octanol–water partition coefficient (Wildman–Crippen LogP) is 2.40. The molecule has 2 aliphatic carbocycles. The zero-order valence-corrected chi connectivity index (χ0v) is 21.0. The molecular formula is C24H33IN4O3. The molecule has 1 aromatic carbocycles. The molecule has 1 aromatic rings. The number of aliphatic hydroxyl groups excluding tert-OH is 1. The monoisotopic (exact) mass is 552 g/mol. The van der Waals surface area contributed by atoms with Crippen LogP contribution in [0.2, 0.25) is 0 Å². The Hall–Kier alpha value is -1.94. The Morgan fingerprint density at radius 1 is 1.19 bits per heavy atom. The molecule has 2 bridgehead atoms. The number of rotatable bonds is 8. The molecule has 5 unspecified atom stereocenters. The molecule has 8 heteroatoms. The normalized spacial score (nSPS) is 26.8. The molecule has 1 aliphatic heterocycles. The van der Waals surface area contributed by atoms with Gasteiger partial charge in [0.2, 0.25) is 11.8 Å². The van der Waals surface area contributed by atoms with E-state index in [4.69, 9.17) is 0 Å². The van der Waals surface area contributed by atoms with Gasteiger partial charge in [-0.3, -0.25) is 19.5 Å². The van der Waals surface area contributed by atoms with Gasteiger partial charge in [0, 0.05) is 19.6 Å². The summed E-state index contributed by atoms with van der Waals surface area (Å²) in [4.78, 5) is 31.4. The van der Waals surface area contributed by atoms with Crippen molar-refractivity contribution in [2.45, 2.75) is 32.8 Å². The lowest BCUT2D eigenvalue weighted by Gasteiger charge is -2.18. The van der Waals surface area contributed by atoms with E-state index in [9.17, 15) is 14.7 Å². The van der Waals surface area contributed by atoms with E-state index in [1.807, 2.05) is 38.1 Å². The lowest BCUT2D eigenvalue weighted by Crippen LogP contribution is -2.40. The van der Waals surface area contributed by atoms with E-state index in [0.29, 0.717) is 32.0 Å². The Morgan fingerprint density at radius 3 is 2.50 bits per heavy atom. The fourth-order valence-electron chi connectivity index (χ4n) is 5.13. The predicted molar refractivity (Wildman–Crippen MR) is 135 cm³/mol. The number of hydrogen-bond donors (Lipinski definition) is 3. The molecule has 3 aliphatic rings. The van der Waals surface area contributed by atoms with Gasteiger partial charge < -0.3 is 15.7 Å². The van der Waals surface area contributed by atoms with Crippen molar-refractivity contribution in [3.05, 3.63) is 47.5 Å². The van der Waals surface area contributed by atoms with Gasteiger partial charge in [-0.05, 0) is 44.1 Å². The Labute approximate surface area is 206 Å². The lowest BCUT2D eigenvalue weighted by atomic mass is 9.85. The molecule has 174 valence electrons. The third kappa shape index (κ3) is 5.01. The van der Waals surface area contributed by atoms with Crippen molar-refractivity contribution in [1.29, 1.82) is 0 Å². The SMILES string of the molecule is CCNC(=NCC(O)c1cccc(C)c1)NCCCN1C(=O)C2C3C=CC(C3)C2C1=O.I. The number of nitrogens with zero attached hydrogens (tertiary/aromatic N) is 2. The first kappa shape index (κ1) is 24.7. The molecule has 5 atom stereocenters. The second kappa shape index (κ2) is 10.8. The average molecular weight is 552 g/mol. The molecule has 2 amide bonds. The minimum absolute atomic E-state index is 0. The zero-order chi connectivity index (χ0) is 22.0. The molecule has 7 nitrogen and oxygen atoms in total.